The van der Waals surface area contributed by atoms with Crippen LogP contribution in [0.1, 0.15) is 0 Å². The Morgan fingerprint density at radius 1 is 0.357 bits per heavy atom. The van der Waals surface area contributed by atoms with E-state index in [9.17, 15) is 0 Å². The van der Waals surface area contributed by atoms with E-state index in [1.54, 1.807) is 0 Å². The van der Waals surface area contributed by atoms with Crippen molar-refractivity contribution in [1.29, 1.82) is 31.6 Å². The molecule has 0 amide bonds. The first-order valence-electron chi connectivity index (χ1n) is 1.34. The van der Waals surface area contributed by atoms with Gasteiger partial charge in [-0.15, -0.1) is 0 Å². The van der Waals surface area contributed by atoms with Crippen LogP contribution in [0, 0.1) is 71.0 Å². The van der Waals surface area contributed by atoms with E-state index >= 15 is 0 Å². The van der Waals surface area contributed by atoms with Crippen molar-refractivity contribution in [3.63, 3.8) is 0 Å². The van der Waals surface area contributed by atoms with Gasteiger partial charge in [-0.25, -0.2) is 0 Å². The van der Waals surface area contributed by atoms with Crippen LogP contribution in [0.3, 0.4) is 0 Å². The Morgan fingerprint density at radius 2 is 0.357 bits per heavy atom. The van der Waals surface area contributed by atoms with E-state index < -0.39 is 0 Å². The predicted octanol–water partition coefficient (Wildman–Crippen LogP) is 0.573. The Hall–Kier alpha value is -2.01. The average Bonchev–Trinajstić information content (AvgIpc) is 2.33. The van der Waals surface area contributed by atoms with Gasteiger partial charge in [-0.1, -0.05) is 0 Å². The molecule has 0 fully saturated rings. The molecule has 0 aliphatic heterocycles. The van der Waals surface area contributed by atoms with Gasteiger partial charge in [0.15, 0.2) is 0 Å². The minimum atomic E-state index is 0. The van der Waals surface area contributed by atoms with Gasteiger partial charge >= 0.3 is 34.4 Å². The first-order chi connectivity index (χ1) is 6.00. The van der Waals surface area contributed by atoms with Crippen molar-refractivity contribution in [2.45, 2.75) is 0 Å². The minimum Gasteiger partial charge on any atom is -0.512 e. The first-order valence-corrected chi connectivity index (χ1v) is 1.34. The second-order valence-electron chi connectivity index (χ2n) is 0. The van der Waals surface area contributed by atoms with Crippen LogP contribution in [0.2, 0.25) is 0 Å². The molecule has 71 valence electrons. The summed E-state index contributed by atoms with van der Waals surface area (Å²) in [6, 6.07) is 0. The van der Waals surface area contributed by atoms with Crippen LogP contribution in [0.4, 0.5) is 0 Å². The van der Waals surface area contributed by atoms with E-state index in [4.69, 9.17) is 71.0 Å². The molecule has 0 aliphatic carbocycles. The van der Waals surface area contributed by atoms with Crippen molar-refractivity contribution in [3.05, 3.63) is 39.4 Å². The zero-order valence-electron chi connectivity index (χ0n) is 6.39. The van der Waals surface area contributed by atoms with Crippen LogP contribution >= 0.6 is 0 Å². The number of hydrogen-bond acceptors (Lipinski definition) is 6. The Kier molecular flexibility index (Phi) is 1770. The minimum absolute atomic E-state index is 0. The van der Waals surface area contributed by atoms with Gasteiger partial charge in [0.25, 0.3) is 0 Å². The molecule has 0 unspecified atom stereocenters. The molecule has 0 atom stereocenters. The van der Waals surface area contributed by atoms with Gasteiger partial charge < -0.3 is 71.0 Å². The molecule has 0 bridgehead atoms. The molecule has 8 heteroatoms. The summed E-state index contributed by atoms with van der Waals surface area (Å²) < 4.78 is 0. The average molecular weight is 272 g/mol. The van der Waals surface area contributed by atoms with E-state index in [2.05, 4.69) is 0 Å². The summed E-state index contributed by atoms with van der Waals surface area (Å²) >= 11 is 0. The quantitative estimate of drug-likeness (QED) is 0.465. The van der Waals surface area contributed by atoms with Gasteiger partial charge in [0.1, 0.15) is 0 Å². The SMILES string of the molecule is [C-]#N.[C-]#N.[C-]#N.[C-]#N.[C-]#N.[C-]#N.[Cr+4].[Cu+2]. The van der Waals surface area contributed by atoms with Gasteiger partial charge in [-0.2, -0.15) is 0 Å². The van der Waals surface area contributed by atoms with Gasteiger partial charge in [0, 0.05) is 0 Å². The maximum absolute atomic E-state index is 6.25. The molecule has 0 aromatic heterocycles. The van der Waals surface area contributed by atoms with E-state index in [0.29, 0.717) is 0 Å². The van der Waals surface area contributed by atoms with Crippen LogP contribution in [0.15, 0.2) is 0 Å². The van der Waals surface area contributed by atoms with Crippen LogP contribution in [-0.4, -0.2) is 0 Å². The zero-order valence-corrected chi connectivity index (χ0v) is 8.61. The molecular weight excluding hydrogens is 272 g/mol. The molecule has 0 saturated carbocycles. The van der Waals surface area contributed by atoms with Crippen LogP contribution < -0.4 is 0 Å². The van der Waals surface area contributed by atoms with E-state index in [0.717, 1.165) is 0 Å². The predicted molar refractivity (Wildman–Crippen MR) is 29.8 cm³/mol. The molecule has 14 heavy (non-hydrogen) atoms. The van der Waals surface area contributed by atoms with Crippen molar-refractivity contribution < 1.29 is 34.4 Å². The monoisotopic (exact) mass is 271 g/mol. The smallest absolute Gasteiger partial charge is 0.512 e. The van der Waals surface area contributed by atoms with Crippen LogP contribution in [0.25, 0.3) is 0 Å². The third kappa shape index (κ3) is 200. The standard InChI is InChI=1S/6CN.Cr.Cu/c6*1-2;;/q6*-1;+4;+2. The molecule has 0 aliphatic rings. The number of nitrogens with zero attached hydrogens (tertiary/aromatic N) is 6. The van der Waals surface area contributed by atoms with Crippen molar-refractivity contribution in [3.8, 4) is 0 Å². The fourth-order valence-electron chi connectivity index (χ4n) is 0. The first kappa shape index (κ1) is 90.9. The summed E-state index contributed by atoms with van der Waals surface area (Å²) in [5.74, 6) is 0. The largest absolute Gasteiger partial charge is 4.00 e. The van der Waals surface area contributed by atoms with E-state index in [1.165, 1.54) is 0 Å². The summed E-state index contributed by atoms with van der Waals surface area (Å²) in [5.41, 5.74) is 0. The topological polar surface area (TPSA) is 143 Å². The van der Waals surface area contributed by atoms with E-state index in [1.807, 2.05) is 0 Å². The van der Waals surface area contributed by atoms with Crippen LogP contribution in [-0.2, 0) is 34.4 Å². The fraction of sp³-hybridized carbons (Fsp3) is 0. The van der Waals surface area contributed by atoms with E-state index in [-0.39, 0.29) is 34.4 Å². The summed E-state index contributed by atoms with van der Waals surface area (Å²) in [4.78, 5) is 0. The molecule has 0 aromatic carbocycles. The molecule has 0 rings (SSSR count). The van der Waals surface area contributed by atoms with Crippen molar-refractivity contribution in [1.82, 2.24) is 0 Å². The Labute approximate surface area is 105 Å². The summed E-state index contributed by atoms with van der Waals surface area (Å²) in [7, 11) is 0. The second kappa shape index (κ2) is 272. The molecule has 0 aromatic rings. The fourth-order valence-corrected chi connectivity index (χ4v) is 0. The molecule has 6 nitrogen and oxygen atoms in total. The van der Waals surface area contributed by atoms with Crippen LogP contribution in [0.5, 0.6) is 0 Å². The second-order valence-corrected chi connectivity index (χ2v) is 0. The third-order valence-electron chi connectivity index (χ3n) is 0. The Balaban J connectivity index is -0.00000000500. The van der Waals surface area contributed by atoms with Gasteiger partial charge in [-0.05, 0) is 0 Å². The maximum atomic E-state index is 6.25. The van der Waals surface area contributed by atoms with Crippen molar-refractivity contribution in [2.24, 2.45) is 0 Å². The Bertz CT molecular complexity index is 97.3. The zero-order chi connectivity index (χ0) is 12.0. The van der Waals surface area contributed by atoms with Crippen molar-refractivity contribution >= 4 is 0 Å². The third-order valence-corrected chi connectivity index (χ3v) is 0. The number of hydrogen-bond donors (Lipinski definition) is 0. The van der Waals surface area contributed by atoms with Gasteiger partial charge in [-0.3, -0.25) is 0 Å². The maximum Gasteiger partial charge on any atom is 4.00 e. The normalized spacial score (nSPS) is 0.857. The molecule has 0 N–H and O–H groups in total. The Morgan fingerprint density at radius 3 is 0.357 bits per heavy atom. The molecule has 1 radical (unpaired) electrons. The van der Waals surface area contributed by atoms with Gasteiger partial charge in [0.05, 0.1) is 0 Å². The number of rotatable bonds is 0. The summed E-state index contributed by atoms with van der Waals surface area (Å²) in [6.45, 7) is 28.5. The summed E-state index contributed by atoms with van der Waals surface area (Å²) in [6.07, 6.45) is 0. The molecular formula is C6CrCuN6. The summed E-state index contributed by atoms with van der Waals surface area (Å²) in [5, 5.41) is 37.5. The van der Waals surface area contributed by atoms with Gasteiger partial charge in [0.2, 0.25) is 0 Å². The van der Waals surface area contributed by atoms with Crippen molar-refractivity contribution in [2.75, 3.05) is 0 Å². The molecule has 0 saturated heterocycles. The molecule has 0 spiro atoms. The molecule has 0 heterocycles.